The third-order valence-electron chi connectivity index (χ3n) is 3.25. The van der Waals surface area contributed by atoms with Crippen molar-refractivity contribution in [3.8, 4) is 0 Å². The molecule has 2 N–H and O–H groups in total. The Bertz CT molecular complexity index is 852. The van der Waals surface area contributed by atoms with E-state index in [-0.39, 0.29) is 5.91 Å². The summed E-state index contributed by atoms with van der Waals surface area (Å²) in [5, 5.41) is 6.97. The normalized spacial score (nSPS) is 10.2. The van der Waals surface area contributed by atoms with Gasteiger partial charge in [0.2, 0.25) is 0 Å². The summed E-state index contributed by atoms with van der Waals surface area (Å²) >= 11 is 12.0. The number of aromatic nitrogens is 1. The van der Waals surface area contributed by atoms with Crippen LogP contribution in [0.3, 0.4) is 0 Å². The van der Waals surface area contributed by atoms with Crippen molar-refractivity contribution in [3.63, 3.8) is 0 Å². The zero-order chi connectivity index (χ0) is 16.9. The van der Waals surface area contributed by atoms with Crippen molar-refractivity contribution >= 4 is 46.3 Å². The van der Waals surface area contributed by atoms with Gasteiger partial charge in [0.1, 0.15) is 5.82 Å². The average Bonchev–Trinajstić information content (AvgIpc) is 2.60. The lowest BCUT2D eigenvalue weighted by Crippen LogP contribution is -2.11. The van der Waals surface area contributed by atoms with Crippen LogP contribution >= 0.6 is 23.2 Å². The number of rotatable bonds is 4. The second kappa shape index (κ2) is 7.34. The minimum absolute atomic E-state index is 0.182. The van der Waals surface area contributed by atoms with Gasteiger partial charge in [-0.3, -0.25) is 4.79 Å². The van der Waals surface area contributed by atoms with Crippen LogP contribution < -0.4 is 10.6 Å². The van der Waals surface area contributed by atoms with Crippen molar-refractivity contribution < 1.29 is 4.79 Å². The lowest BCUT2D eigenvalue weighted by atomic mass is 10.2. The van der Waals surface area contributed by atoms with Gasteiger partial charge in [0, 0.05) is 10.6 Å². The van der Waals surface area contributed by atoms with Gasteiger partial charge in [0.05, 0.1) is 22.6 Å². The molecule has 0 aliphatic carbocycles. The van der Waals surface area contributed by atoms with Crippen molar-refractivity contribution in [2.45, 2.75) is 0 Å². The number of benzene rings is 2. The number of anilines is 3. The van der Waals surface area contributed by atoms with E-state index in [1.54, 1.807) is 48.7 Å². The molecule has 3 aromatic rings. The minimum Gasteiger partial charge on any atom is -0.339 e. The van der Waals surface area contributed by atoms with Crippen LogP contribution in [0.4, 0.5) is 17.2 Å². The van der Waals surface area contributed by atoms with E-state index < -0.39 is 0 Å². The third-order valence-corrected chi connectivity index (χ3v) is 3.80. The third kappa shape index (κ3) is 4.04. The van der Waals surface area contributed by atoms with Crippen molar-refractivity contribution in [3.05, 3.63) is 82.5 Å². The Morgan fingerprint density at radius 2 is 1.75 bits per heavy atom. The lowest BCUT2D eigenvalue weighted by Gasteiger charge is -2.09. The molecule has 4 nitrogen and oxygen atoms in total. The first-order chi connectivity index (χ1) is 11.6. The number of carbonyl (C=O) groups is 1. The van der Waals surface area contributed by atoms with Crippen LogP contribution in [0.1, 0.15) is 10.4 Å². The smallest absolute Gasteiger partial charge is 0.255 e. The molecular weight excluding hydrogens is 345 g/mol. The molecule has 0 aliphatic rings. The predicted molar refractivity (Wildman–Crippen MR) is 98.4 cm³/mol. The highest BCUT2D eigenvalue weighted by molar-refractivity contribution is 6.36. The highest BCUT2D eigenvalue weighted by Gasteiger charge is 2.06. The SMILES string of the molecule is O=C(Nc1ccc(Nc2ccc(Cl)cc2Cl)nc1)c1ccccc1. The van der Waals surface area contributed by atoms with E-state index in [1.165, 1.54) is 0 Å². The average molecular weight is 358 g/mol. The first-order valence-electron chi connectivity index (χ1n) is 7.16. The van der Waals surface area contributed by atoms with Crippen molar-refractivity contribution in [2.24, 2.45) is 0 Å². The lowest BCUT2D eigenvalue weighted by molar-refractivity contribution is 0.102. The first-order valence-corrected chi connectivity index (χ1v) is 7.92. The Labute approximate surface area is 149 Å². The summed E-state index contributed by atoms with van der Waals surface area (Å²) in [5.41, 5.74) is 1.90. The van der Waals surface area contributed by atoms with Crippen LogP contribution in [-0.4, -0.2) is 10.9 Å². The van der Waals surface area contributed by atoms with E-state index in [9.17, 15) is 4.79 Å². The van der Waals surface area contributed by atoms with E-state index in [2.05, 4.69) is 15.6 Å². The van der Waals surface area contributed by atoms with Crippen LogP contribution in [0.5, 0.6) is 0 Å². The maximum absolute atomic E-state index is 12.1. The summed E-state index contributed by atoms with van der Waals surface area (Å²) in [6.45, 7) is 0. The number of carbonyl (C=O) groups excluding carboxylic acids is 1. The molecule has 0 aliphatic heterocycles. The van der Waals surface area contributed by atoms with Gasteiger partial charge in [-0.2, -0.15) is 0 Å². The van der Waals surface area contributed by atoms with Crippen molar-refractivity contribution in [1.82, 2.24) is 4.98 Å². The number of pyridine rings is 1. The number of nitrogens with zero attached hydrogens (tertiary/aromatic N) is 1. The van der Waals surface area contributed by atoms with Gasteiger partial charge < -0.3 is 10.6 Å². The summed E-state index contributed by atoms with van der Waals surface area (Å²) < 4.78 is 0. The van der Waals surface area contributed by atoms with Gasteiger partial charge in [0.25, 0.3) is 5.91 Å². The molecule has 24 heavy (non-hydrogen) atoms. The number of nitrogens with one attached hydrogen (secondary N) is 2. The fourth-order valence-corrected chi connectivity index (χ4v) is 2.52. The van der Waals surface area contributed by atoms with Crippen LogP contribution in [0.15, 0.2) is 66.9 Å². The number of amides is 1. The summed E-state index contributed by atoms with van der Waals surface area (Å²) in [7, 11) is 0. The summed E-state index contributed by atoms with van der Waals surface area (Å²) in [4.78, 5) is 16.3. The van der Waals surface area contributed by atoms with Crippen LogP contribution in [0.2, 0.25) is 10.0 Å². The summed E-state index contributed by atoms with van der Waals surface area (Å²) in [6, 6.07) is 17.7. The molecule has 1 heterocycles. The highest BCUT2D eigenvalue weighted by Crippen LogP contribution is 2.27. The van der Waals surface area contributed by atoms with E-state index >= 15 is 0 Å². The minimum atomic E-state index is -0.182. The molecule has 0 saturated carbocycles. The molecule has 0 radical (unpaired) electrons. The molecule has 0 fully saturated rings. The van der Waals surface area contributed by atoms with Crippen LogP contribution in [0.25, 0.3) is 0 Å². The van der Waals surface area contributed by atoms with Gasteiger partial charge in [0.15, 0.2) is 0 Å². The van der Waals surface area contributed by atoms with Gasteiger partial charge in [-0.1, -0.05) is 41.4 Å². The molecule has 3 rings (SSSR count). The summed E-state index contributed by atoms with van der Waals surface area (Å²) in [6.07, 6.45) is 1.58. The molecule has 2 aromatic carbocycles. The molecule has 6 heteroatoms. The molecule has 0 atom stereocenters. The second-order valence-electron chi connectivity index (χ2n) is 5.00. The quantitative estimate of drug-likeness (QED) is 0.658. The maximum atomic E-state index is 12.1. The zero-order valence-electron chi connectivity index (χ0n) is 12.5. The molecule has 0 unspecified atom stereocenters. The Morgan fingerprint density at radius 3 is 2.42 bits per heavy atom. The second-order valence-corrected chi connectivity index (χ2v) is 5.85. The Balaban J connectivity index is 1.68. The largest absolute Gasteiger partial charge is 0.339 e. The van der Waals surface area contributed by atoms with E-state index in [4.69, 9.17) is 23.2 Å². The van der Waals surface area contributed by atoms with E-state index in [0.29, 0.717) is 32.8 Å². The van der Waals surface area contributed by atoms with E-state index in [1.807, 2.05) is 18.2 Å². The van der Waals surface area contributed by atoms with Gasteiger partial charge in [-0.05, 0) is 42.5 Å². The molecule has 1 aromatic heterocycles. The Morgan fingerprint density at radius 1 is 0.958 bits per heavy atom. The van der Waals surface area contributed by atoms with Crippen LogP contribution in [0, 0.1) is 0 Å². The number of hydrogen-bond donors (Lipinski definition) is 2. The molecule has 120 valence electrons. The predicted octanol–water partition coefficient (Wildman–Crippen LogP) is 5.38. The number of halogens is 2. The van der Waals surface area contributed by atoms with Crippen molar-refractivity contribution in [1.29, 1.82) is 0 Å². The van der Waals surface area contributed by atoms with Crippen LogP contribution in [-0.2, 0) is 0 Å². The van der Waals surface area contributed by atoms with E-state index in [0.717, 1.165) is 0 Å². The molecule has 0 saturated heterocycles. The molecular formula is C18H13Cl2N3O. The standard InChI is InChI=1S/C18H13Cl2N3O/c19-13-6-8-16(15(20)10-13)23-17-9-7-14(11-21-17)22-18(24)12-4-2-1-3-5-12/h1-11H,(H,21,23)(H,22,24). The monoisotopic (exact) mass is 357 g/mol. The number of hydrogen-bond acceptors (Lipinski definition) is 3. The Hall–Kier alpha value is -2.56. The van der Waals surface area contributed by atoms with Gasteiger partial charge >= 0.3 is 0 Å². The first kappa shape index (κ1) is 16.3. The molecule has 0 bridgehead atoms. The molecule has 1 amide bonds. The van der Waals surface area contributed by atoms with Gasteiger partial charge in [-0.15, -0.1) is 0 Å². The maximum Gasteiger partial charge on any atom is 0.255 e. The topological polar surface area (TPSA) is 54.0 Å². The summed E-state index contributed by atoms with van der Waals surface area (Å²) in [5.74, 6) is 0.427. The van der Waals surface area contributed by atoms with Gasteiger partial charge in [-0.25, -0.2) is 4.98 Å². The fraction of sp³-hybridized carbons (Fsp3) is 0. The Kier molecular flexibility index (Phi) is 4.99. The zero-order valence-corrected chi connectivity index (χ0v) is 14.0. The highest BCUT2D eigenvalue weighted by atomic mass is 35.5. The molecule has 0 spiro atoms. The van der Waals surface area contributed by atoms with Crippen molar-refractivity contribution in [2.75, 3.05) is 10.6 Å². The fourth-order valence-electron chi connectivity index (χ4n) is 2.06.